The van der Waals surface area contributed by atoms with Crippen molar-refractivity contribution in [2.24, 2.45) is 0 Å². The molecular formula is C13H19ClF3N3. The van der Waals surface area contributed by atoms with Crippen LogP contribution in [0.15, 0.2) is 12.1 Å². The fourth-order valence-electron chi connectivity index (χ4n) is 1.83. The van der Waals surface area contributed by atoms with E-state index in [-0.39, 0.29) is 10.7 Å². The number of halogens is 4. The second-order valence-corrected chi connectivity index (χ2v) is 5.37. The third kappa shape index (κ3) is 4.45. The molecule has 0 bridgehead atoms. The van der Waals surface area contributed by atoms with Gasteiger partial charge in [-0.3, -0.25) is 0 Å². The average molecular weight is 310 g/mol. The second kappa shape index (κ2) is 6.54. The van der Waals surface area contributed by atoms with Crippen LogP contribution in [0.3, 0.4) is 0 Å². The van der Waals surface area contributed by atoms with Gasteiger partial charge in [-0.05, 0) is 39.2 Å². The molecule has 0 spiro atoms. The lowest BCUT2D eigenvalue weighted by atomic mass is 10.1. The minimum Gasteiger partial charge on any atom is -0.396 e. The molecule has 0 heterocycles. The molecule has 0 radical (unpaired) electrons. The Morgan fingerprint density at radius 3 is 2.25 bits per heavy atom. The third-order valence-corrected chi connectivity index (χ3v) is 3.26. The third-order valence-electron chi connectivity index (χ3n) is 2.95. The molecule has 3 nitrogen and oxygen atoms in total. The van der Waals surface area contributed by atoms with Gasteiger partial charge in [0.05, 0.1) is 22.0 Å². The van der Waals surface area contributed by atoms with Gasteiger partial charge in [0.25, 0.3) is 0 Å². The van der Waals surface area contributed by atoms with E-state index in [4.69, 9.17) is 17.3 Å². The first-order valence-corrected chi connectivity index (χ1v) is 6.52. The highest BCUT2D eigenvalue weighted by molar-refractivity contribution is 6.33. The van der Waals surface area contributed by atoms with Gasteiger partial charge in [-0.25, -0.2) is 0 Å². The summed E-state index contributed by atoms with van der Waals surface area (Å²) < 4.78 is 38.3. The molecule has 0 aliphatic rings. The van der Waals surface area contributed by atoms with Crippen LogP contribution in [-0.2, 0) is 6.18 Å². The molecule has 1 aromatic rings. The topological polar surface area (TPSA) is 32.5 Å². The summed E-state index contributed by atoms with van der Waals surface area (Å²) >= 11 is 5.79. The van der Waals surface area contributed by atoms with E-state index in [0.29, 0.717) is 12.2 Å². The van der Waals surface area contributed by atoms with Gasteiger partial charge in [-0.15, -0.1) is 0 Å². The Kier molecular flexibility index (Phi) is 5.53. The zero-order chi connectivity index (χ0) is 15.5. The molecule has 0 saturated heterocycles. The predicted octanol–water partition coefficient (Wildman–Crippen LogP) is 3.33. The Morgan fingerprint density at radius 1 is 1.15 bits per heavy atom. The summed E-state index contributed by atoms with van der Waals surface area (Å²) in [6.45, 7) is 1.44. The average Bonchev–Trinajstić information content (AvgIpc) is 2.30. The van der Waals surface area contributed by atoms with Crippen LogP contribution < -0.4 is 10.6 Å². The molecule has 114 valence electrons. The number of benzene rings is 1. The number of alkyl halides is 3. The van der Waals surface area contributed by atoms with Gasteiger partial charge in [-0.2, -0.15) is 13.2 Å². The highest BCUT2D eigenvalue weighted by atomic mass is 35.5. The summed E-state index contributed by atoms with van der Waals surface area (Å²) in [4.78, 5) is 3.70. The molecule has 20 heavy (non-hydrogen) atoms. The molecular weight excluding hydrogens is 291 g/mol. The standard InChI is InChI=1S/C13H19ClF3N3/c1-19(2)5-4-6-20(3)11-8-9(13(15,16)17)7-10(14)12(11)18/h7-8H,4-6,18H2,1-3H3. The number of hydrogen-bond donors (Lipinski definition) is 1. The van der Waals surface area contributed by atoms with E-state index in [0.717, 1.165) is 25.1 Å². The van der Waals surface area contributed by atoms with E-state index in [1.54, 1.807) is 11.9 Å². The second-order valence-electron chi connectivity index (χ2n) is 4.97. The lowest BCUT2D eigenvalue weighted by molar-refractivity contribution is -0.137. The number of rotatable bonds is 5. The number of anilines is 2. The van der Waals surface area contributed by atoms with Crippen LogP contribution in [0.2, 0.25) is 5.02 Å². The highest BCUT2D eigenvalue weighted by Crippen LogP contribution is 2.38. The van der Waals surface area contributed by atoms with Crippen LogP contribution in [0.4, 0.5) is 24.5 Å². The van der Waals surface area contributed by atoms with E-state index in [2.05, 4.69) is 0 Å². The fourth-order valence-corrected chi connectivity index (χ4v) is 2.04. The van der Waals surface area contributed by atoms with Crippen LogP contribution in [0.5, 0.6) is 0 Å². The first kappa shape index (κ1) is 16.9. The summed E-state index contributed by atoms with van der Waals surface area (Å²) in [6.07, 6.45) is -3.62. The molecule has 0 atom stereocenters. The molecule has 0 saturated carbocycles. The minimum absolute atomic E-state index is 0.0747. The summed E-state index contributed by atoms with van der Waals surface area (Å²) in [6, 6.07) is 1.89. The Hall–Kier alpha value is -1.14. The zero-order valence-electron chi connectivity index (χ0n) is 11.8. The lowest BCUT2D eigenvalue weighted by Crippen LogP contribution is -2.24. The molecule has 1 aromatic carbocycles. The Labute approximate surface area is 122 Å². The van der Waals surface area contributed by atoms with Gasteiger partial charge < -0.3 is 15.5 Å². The monoisotopic (exact) mass is 309 g/mol. The van der Waals surface area contributed by atoms with Crippen molar-refractivity contribution < 1.29 is 13.2 Å². The lowest BCUT2D eigenvalue weighted by Gasteiger charge is -2.24. The molecule has 0 fully saturated rings. The van der Waals surface area contributed by atoms with E-state index < -0.39 is 11.7 Å². The zero-order valence-corrected chi connectivity index (χ0v) is 12.5. The normalized spacial score (nSPS) is 12.0. The molecule has 0 unspecified atom stereocenters. The molecule has 1 rings (SSSR count). The largest absolute Gasteiger partial charge is 0.416 e. The van der Waals surface area contributed by atoms with Gasteiger partial charge in [0.1, 0.15) is 0 Å². The number of nitrogens with zero attached hydrogens (tertiary/aromatic N) is 2. The fraction of sp³-hybridized carbons (Fsp3) is 0.538. The van der Waals surface area contributed by atoms with Crippen LogP contribution in [0.25, 0.3) is 0 Å². The van der Waals surface area contributed by atoms with Crippen LogP contribution in [0.1, 0.15) is 12.0 Å². The van der Waals surface area contributed by atoms with Gasteiger partial charge in [-0.1, -0.05) is 11.6 Å². The van der Waals surface area contributed by atoms with E-state index in [1.807, 2.05) is 19.0 Å². The SMILES string of the molecule is CN(C)CCCN(C)c1cc(C(F)(F)F)cc(Cl)c1N. The molecule has 7 heteroatoms. The predicted molar refractivity (Wildman–Crippen MR) is 77.3 cm³/mol. The van der Waals surface area contributed by atoms with Gasteiger partial charge in [0.2, 0.25) is 0 Å². The van der Waals surface area contributed by atoms with Crippen molar-refractivity contribution in [3.63, 3.8) is 0 Å². The number of nitrogens with two attached hydrogens (primary N) is 1. The van der Waals surface area contributed by atoms with Crippen molar-refractivity contribution in [3.8, 4) is 0 Å². The minimum atomic E-state index is -4.43. The van der Waals surface area contributed by atoms with Crippen molar-refractivity contribution >= 4 is 23.0 Å². The quantitative estimate of drug-likeness (QED) is 0.847. The molecule has 0 aliphatic carbocycles. The summed E-state index contributed by atoms with van der Waals surface area (Å²) in [5.41, 5.74) is 5.47. The highest BCUT2D eigenvalue weighted by Gasteiger charge is 2.32. The number of nitrogen functional groups attached to an aromatic ring is 1. The molecule has 2 N–H and O–H groups in total. The summed E-state index contributed by atoms with van der Waals surface area (Å²) in [7, 11) is 5.59. The maximum absolute atomic E-state index is 12.8. The smallest absolute Gasteiger partial charge is 0.396 e. The van der Waals surface area contributed by atoms with Crippen LogP contribution >= 0.6 is 11.6 Å². The first-order valence-electron chi connectivity index (χ1n) is 6.15. The molecule has 0 amide bonds. The maximum Gasteiger partial charge on any atom is 0.416 e. The summed E-state index contributed by atoms with van der Waals surface area (Å²) in [5, 5.41) is -0.0747. The maximum atomic E-state index is 12.8. The van der Waals surface area contributed by atoms with Crippen molar-refractivity contribution in [2.75, 3.05) is 44.9 Å². The summed E-state index contributed by atoms with van der Waals surface area (Å²) in [5.74, 6) is 0. The first-order chi connectivity index (χ1) is 9.12. The van der Waals surface area contributed by atoms with Crippen molar-refractivity contribution in [1.82, 2.24) is 4.90 Å². The van der Waals surface area contributed by atoms with Gasteiger partial charge in [0.15, 0.2) is 0 Å². The molecule has 0 aliphatic heterocycles. The Morgan fingerprint density at radius 2 is 1.75 bits per heavy atom. The van der Waals surface area contributed by atoms with E-state index in [1.165, 1.54) is 0 Å². The van der Waals surface area contributed by atoms with Crippen molar-refractivity contribution in [3.05, 3.63) is 22.7 Å². The van der Waals surface area contributed by atoms with Crippen LogP contribution in [0, 0.1) is 0 Å². The Balaban J connectivity index is 2.95. The molecule has 0 aromatic heterocycles. The van der Waals surface area contributed by atoms with E-state index >= 15 is 0 Å². The Bertz CT molecular complexity index is 461. The van der Waals surface area contributed by atoms with Gasteiger partial charge in [0, 0.05) is 13.6 Å². The number of hydrogen-bond acceptors (Lipinski definition) is 3. The van der Waals surface area contributed by atoms with Crippen LogP contribution in [-0.4, -0.2) is 39.1 Å². The van der Waals surface area contributed by atoms with E-state index in [9.17, 15) is 13.2 Å². The van der Waals surface area contributed by atoms with Crippen molar-refractivity contribution in [1.29, 1.82) is 0 Å². The van der Waals surface area contributed by atoms with Crippen molar-refractivity contribution in [2.45, 2.75) is 12.6 Å². The van der Waals surface area contributed by atoms with Gasteiger partial charge >= 0.3 is 6.18 Å².